The molecule has 0 fully saturated rings. The van der Waals surface area contributed by atoms with E-state index in [0.717, 1.165) is 14.6 Å². The van der Waals surface area contributed by atoms with Crippen LogP contribution in [0, 0.1) is 6.92 Å². The van der Waals surface area contributed by atoms with Crippen molar-refractivity contribution >= 4 is 40.9 Å². The van der Waals surface area contributed by atoms with Gasteiger partial charge in [-0.15, -0.1) is 11.3 Å². The summed E-state index contributed by atoms with van der Waals surface area (Å²) in [6, 6.07) is 6.19. The van der Waals surface area contributed by atoms with Gasteiger partial charge in [-0.3, -0.25) is 4.57 Å². The van der Waals surface area contributed by atoms with Gasteiger partial charge >= 0.3 is 7.60 Å². The molecule has 0 spiro atoms. The van der Waals surface area contributed by atoms with Crippen LogP contribution in [-0.4, -0.2) is 23.7 Å². The zero-order valence-corrected chi connectivity index (χ0v) is 14.3. The molecule has 7 heteroatoms. The van der Waals surface area contributed by atoms with E-state index in [9.17, 15) is 4.57 Å². The Hall–Kier alpha value is -0.390. The third-order valence-corrected chi connectivity index (χ3v) is 7.38. The van der Waals surface area contributed by atoms with Gasteiger partial charge in [-0.1, -0.05) is 17.8 Å². The molecule has 0 atom stereocenters. The van der Waals surface area contributed by atoms with Gasteiger partial charge in [-0.25, -0.2) is 4.98 Å². The fraction of sp³-hybridized carbons (Fsp3) is 0.462. The lowest BCUT2D eigenvalue weighted by molar-refractivity contribution is 0.224. The van der Waals surface area contributed by atoms with Crippen molar-refractivity contribution in [1.29, 1.82) is 0 Å². The molecular weight excluding hydrogens is 313 g/mol. The van der Waals surface area contributed by atoms with Gasteiger partial charge in [-0.2, -0.15) is 0 Å². The molecule has 110 valence electrons. The summed E-state index contributed by atoms with van der Waals surface area (Å²) in [6.07, 6.45) is 0. The van der Waals surface area contributed by atoms with Crippen molar-refractivity contribution in [2.45, 2.75) is 25.1 Å². The fourth-order valence-electron chi connectivity index (χ4n) is 1.72. The number of hydrogen-bond donors (Lipinski definition) is 0. The van der Waals surface area contributed by atoms with Crippen molar-refractivity contribution in [2.24, 2.45) is 0 Å². The Bertz CT molecular complexity index is 619. The largest absolute Gasteiger partial charge is 0.340 e. The van der Waals surface area contributed by atoms with Crippen LogP contribution < -0.4 is 0 Å². The molecule has 0 N–H and O–H groups in total. The van der Waals surface area contributed by atoms with E-state index in [1.54, 1.807) is 11.3 Å². The van der Waals surface area contributed by atoms with Gasteiger partial charge in [0.2, 0.25) is 0 Å². The number of thiazole rings is 1. The predicted octanol–water partition coefficient (Wildman–Crippen LogP) is 4.92. The molecule has 0 bridgehead atoms. The van der Waals surface area contributed by atoms with Gasteiger partial charge in [-0.05, 0) is 38.5 Å². The van der Waals surface area contributed by atoms with Gasteiger partial charge in [0.15, 0.2) is 4.34 Å². The highest BCUT2D eigenvalue weighted by atomic mass is 32.2. The van der Waals surface area contributed by atoms with Crippen LogP contribution in [0.5, 0.6) is 0 Å². The molecule has 0 unspecified atom stereocenters. The van der Waals surface area contributed by atoms with Crippen molar-refractivity contribution < 1.29 is 13.6 Å². The zero-order chi connectivity index (χ0) is 14.6. The lowest BCUT2D eigenvalue weighted by Crippen LogP contribution is -1.97. The second-order valence-electron chi connectivity index (χ2n) is 4.17. The molecule has 0 saturated carbocycles. The topological polar surface area (TPSA) is 48.4 Å². The lowest BCUT2D eigenvalue weighted by Gasteiger charge is -2.15. The Morgan fingerprint density at radius 1 is 1.30 bits per heavy atom. The summed E-state index contributed by atoms with van der Waals surface area (Å²) in [5, 5.41) is 0. The van der Waals surface area contributed by atoms with Gasteiger partial charge in [0.1, 0.15) is 5.49 Å². The Morgan fingerprint density at radius 3 is 2.65 bits per heavy atom. The summed E-state index contributed by atoms with van der Waals surface area (Å²) in [7, 11) is -3.01. The highest BCUT2D eigenvalue weighted by Crippen LogP contribution is 2.52. The SMILES string of the molecule is CCOP(=O)(CSc1nc2cc(C)ccc2s1)OCC. The summed E-state index contributed by atoms with van der Waals surface area (Å²) in [5.74, 6) is 0. The van der Waals surface area contributed by atoms with E-state index in [1.807, 2.05) is 20.8 Å². The summed E-state index contributed by atoms with van der Waals surface area (Å²) >= 11 is 3.04. The first-order valence-electron chi connectivity index (χ1n) is 6.44. The van der Waals surface area contributed by atoms with E-state index in [-0.39, 0.29) is 0 Å². The second-order valence-corrected chi connectivity index (χ2v) is 8.91. The van der Waals surface area contributed by atoms with E-state index in [0.29, 0.717) is 18.7 Å². The Labute approximate surface area is 127 Å². The molecule has 4 nitrogen and oxygen atoms in total. The zero-order valence-electron chi connectivity index (χ0n) is 11.8. The van der Waals surface area contributed by atoms with Crippen LogP contribution in [0.2, 0.25) is 0 Å². The van der Waals surface area contributed by atoms with E-state index in [4.69, 9.17) is 9.05 Å². The minimum atomic E-state index is -3.01. The number of fused-ring (bicyclic) bond motifs is 1. The van der Waals surface area contributed by atoms with Gasteiger partial charge in [0.25, 0.3) is 0 Å². The highest BCUT2D eigenvalue weighted by Gasteiger charge is 2.24. The predicted molar refractivity (Wildman–Crippen MR) is 85.9 cm³/mol. The van der Waals surface area contributed by atoms with Crippen LogP contribution in [0.1, 0.15) is 19.4 Å². The smallest absolute Gasteiger partial charge is 0.308 e. The first-order chi connectivity index (χ1) is 9.56. The molecule has 1 aromatic carbocycles. The molecular formula is C13H18NO3PS2. The number of hydrogen-bond acceptors (Lipinski definition) is 6. The molecule has 0 aliphatic carbocycles. The molecule has 1 aromatic heterocycles. The van der Waals surface area contributed by atoms with Crippen molar-refractivity contribution in [3.8, 4) is 0 Å². The number of rotatable bonds is 7. The normalized spacial score (nSPS) is 12.2. The minimum absolute atomic E-state index is 0.299. The molecule has 0 saturated heterocycles. The van der Waals surface area contributed by atoms with E-state index >= 15 is 0 Å². The number of aromatic nitrogens is 1. The molecule has 0 aliphatic heterocycles. The lowest BCUT2D eigenvalue weighted by atomic mass is 10.2. The number of aryl methyl sites for hydroxylation is 1. The number of benzene rings is 1. The first kappa shape index (κ1) is 16.0. The van der Waals surface area contributed by atoms with E-state index in [2.05, 4.69) is 23.2 Å². The van der Waals surface area contributed by atoms with E-state index < -0.39 is 7.60 Å². The van der Waals surface area contributed by atoms with Crippen molar-refractivity contribution in [1.82, 2.24) is 4.98 Å². The average Bonchev–Trinajstić information content (AvgIpc) is 2.79. The summed E-state index contributed by atoms with van der Waals surface area (Å²) < 4.78 is 24.9. The van der Waals surface area contributed by atoms with Crippen molar-refractivity contribution in [3.05, 3.63) is 23.8 Å². The Kier molecular flexibility index (Phi) is 5.64. The molecule has 0 aliphatic rings. The minimum Gasteiger partial charge on any atom is -0.308 e. The quantitative estimate of drug-likeness (QED) is 0.532. The van der Waals surface area contributed by atoms with Crippen LogP contribution in [0.15, 0.2) is 22.5 Å². The average molecular weight is 331 g/mol. The Morgan fingerprint density at radius 2 is 2.00 bits per heavy atom. The van der Waals surface area contributed by atoms with E-state index in [1.165, 1.54) is 17.3 Å². The standard InChI is InChI=1S/C13H18NO3PS2/c1-4-16-18(15,17-5-2)9-19-13-14-11-8-10(3)6-7-12(11)20-13/h6-8H,4-5,9H2,1-3H3. The summed E-state index contributed by atoms with van der Waals surface area (Å²) in [6.45, 7) is 6.45. The van der Waals surface area contributed by atoms with Gasteiger partial charge < -0.3 is 9.05 Å². The fourth-order valence-corrected chi connectivity index (χ4v) is 6.07. The van der Waals surface area contributed by atoms with Gasteiger partial charge in [0.05, 0.1) is 23.4 Å². The second kappa shape index (κ2) is 7.05. The molecule has 1 heterocycles. The Balaban J connectivity index is 2.09. The van der Waals surface area contributed by atoms with Crippen LogP contribution in [0.3, 0.4) is 0 Å². The summed E-state index contributed by atoms with van der Waals surface area (Å²) in [4.78, 5) is 4.55. The maximum Gasteiger partial charge on any atom is 0.340 e. The number of thioether (sulfide) groups is 1. The molecule has 20 heavy (non-hydrogen) atoms. The number of nitrogens with zero attached hydrogens (tertiary/aromatic N) is 1. The van der Waals surface area contributed by atoms with Crippen LogP contribution in [-0.2, 0) is 13.6 Å². The molecule has 0 amide bonds. The van der Waals surface area contributed by atoms with Crippen molar-refractivity contribution in [3.63, 3.8) is 0 Å². The molecule has 0 radical (unpaired) electrons. The highest BCUT2D eigenvalue weighted by molar-refractivity contribution is 8.06. The monoisotopic (exact) mass is 331 g/mol. The van der Waals surface area contributed by atoms with Crippen LogP contribution in [0.25, 0.3) is 10.2 Å². The van der Waals surface area contributed by atoms with Crippen LogP contribution in [0.4, 0.5) is 0 Å². The molecule has 2 rings (SSSR count). The third kappa shape index (κ3) is 4.06. The maximum atomic E-state index is 12.4. The molecule has 2 aromatic rings. The van der Waals surface area contributed by atoms with Crippen LogP contribution >= 0.6 is 30.7 Å². The maximum absolute atomic E-state index is 12.4. The van der Waals surface area contributed by atoms with Crippen molar-refractivity contribution in [2.75, 3.05) is 18.7 Å². The third-order valence-electron chi connectivity index (χ3n) is 2.52. The summed E-state index contributed by atoms with van der Waals surface area (Å²) in [5.41, 5.74) is 2.47. The first-order valence-corrected chi connectivity index (χ1v) is 9.97. The van der Waals surface area contributed by atoms with Gasteiger partial charge in [0, 0.05) is 0 Å².